The van der Waals surface area contributed by atoms with Crippen LogP contribution in [-0.4, -0.2) is 90.1 Å². The van der Waals surface area contributed by atoms with Crippen LogP contribution in [0.4, 0.5) is 10.5 Å². The van der Waals surface area contributed by atoms with Gasteiger partial charge in [-0.25, -0.2) is 4.79 Å². The SMILES string of the molecule is C=CCOc1ccc2c(c1)[C@H]1[C@H](CCCCO)[C@@H](CCCCO)C=C3C(=NOCc4ccc([N+](=O)[O-])cc4)C[C@H](N(Cc4ccc5c(c4)OCO5)C(=O)OCCOCc4ccccc4)[C@@](OCC=C)(O2)[C@H]31. The van der Waals surface area contributed by atoms with E-state index in [0.717, 1.165) is 47.9 Å². The molecule has 1 amide bonds. The standard InChI is InChI=1S/C55H63N3O13/c1-3-26-65-43-21-23-48-46(32-43)52-44(15-9-11-25-60)41(14-8-10-24-59)31-45-47(56-70-36-39-16-19-42(20-17-39)58(62)63)33-51(55(71-48,53(45)52)69-27-4-2)57(34-40-18-22-49-50(30-40)68-37-67-49)54(61)66-29-28-64-35-38-12-6-5-7-13-38/h3-7,12-13,16-23,30-32,41,44,51-53,59-60H,1-2,8-11,14-15,24-29,33-37H2/t41-,44+,51-,52+,53+,55+/m0/s1. The number of ether oxygens (including phenoxy) is 7. The van der Waals surface area contributed by atoms with Gasteiger partial charge in [-0.05, 0) is 102 Å². The van der Waals surface area contributed by atoms with Gasteiger partial charge in [0.25, 0.3) is 5.69 Å². The number of allylic oxidation sites excluding steroid dienone is 1. The van der Waals surface area contributed by atoms with E-state index < -0.39 is 28.8 Å². The summed E-state index contributed by atoms with van der Waals surface area (Å²) in [5.41, 5.74) is 4.63. The Morgan fingerprint density at radius 2 is 1.58 bits per heavy atom. The van der Waals surface area contributed by atoms with Crippen LogP contribution in [0.15, 0.2) is 133 Å². The van der Waals surface area contributed by atoms with E-state index >= 15 is 4.79 Å². The zero-order chi connectivity index (χ0) is 49.6. The maximum Gasteiger partial charge on any atom is 0.410 e. The molecule has 0 radical (unpaired) electrons. The van der Waals surface area contributed by atoms with Crippen LogP contribution >= 0.6 is 0 Å². The third kappa shape index (κ3) is 11.9. The van der Waals surface area contributed by atoms with Crippen molar-refractivity contribution in [3.8, 4) is 23.0 Å². The normalized spacial score (nSPS) is 22.0. The van der Waals surface area contributed by atoms with E-state index in [-0.39, 0.29) is 89.4 Å². The summed E-state index contributed by atoms with van der Waals surface area (Å²) in [6.45, 7) is 8.89. The lowest BCUT2D eigenvalue weighted by Crippen LogP contribution is -2.70. The van der Waals surface area contributed by atoms with Gasteiger partial charge in [0.05, 0.1) is 36.4 Å². The highest BCUT2D eigenvalue weighted by molar-refractivity contribution is 6.03. The van der Waals surface area contributed by atoms with Gasteiger partial charge in [0.2, 0.25) is 12.6 Å². The number of aliphatic hydroxyl groups is 2. The number of carbonyl (C=O) groups excluding carboxylic acids is 1. The predicted molar refractivity (Wildman–Crippen MR) is 264 cm³/mol. The minimum atomic E-state index is -1.58. The number of benzene rings is 4. The number of non-ortho nitro benzene ring substituents is 1. The number of fused-ring (bicyclic) bond motifs is 3. The minimum Gasteiger partial charge on any atom is -0.490 e. The van der Waals surface area contributed by atoms with Crippen LogP contribution in [0, 0.1) is 27.9 Å². The Kier molecular flexibility index (Phi) is 17.4. The van der Waals surface area contributed by atoms with Crippen molar-refractivity contribution < 1.29 is 57.9 Å². The number of rotatable bonds is 26. The lowest BCUT2D eigenvalue weighted by atomic mass is 9.55. The van der Waals surface area contributed by atoms with E-state index in [2.05, 4.69) is 19.2 Å². The quantitative estimate of drug-likeness (QED) is 0.0262. The Morgan fingerprint density at radius 1 is 0.845 bits per heavy atom. The molecule has 8 rings (SSSR count). The number of amides is 1. The molecule has 0 spiro atoms. The second-order valence-corrected chi connectivity index (χ2v) is 18.0. The van der Waals surface area contributed by atoms with E-state index in [4.69, 9.17) is 43.2 Å². The molecule has 0 aromatic heterocycles. The molecule has 2 aliphatic heterocycles. The maximum atomic E-state index is 15.1. The van der Waals surface area contributed by atoms with Crippen LogP contribution in [-0.2, 0) is 38.8 Å². The van der Waals surface area contributed by atoms with Gasteiger partial charge in [0, 0.05) is 49.8 Å². The van der Waals surface area contributed by atoms with E-state index in [1.54, 1.807) is 29.2 Å². The lowest BCUT2D eigenvalue weighted by molar-refractivity contribution is -0.384. The van der Waals surface area contributed by atoms with Gasteiger partial charge in [-0.15, -0.1) is 6.58 Å². The minimum absolute atomic E-state index is 0.00459. The molecule has 2 aliphatic carbocycles. The average molecular weight is 974 g/mol. The summed E-state index contributed by atoms with van der Waals surface area (Å²) >= 11 is 0. The van der Waals surface area contributed by atoms with Crippen LogP contribution in [0.1, 0.15) is 73.1 Å². The number of nitrogens with zero attached hydrogens (tertiary/aromatic N) is 3. The molecule has 16 nitrogen and oxygen atoms in total. The molecule has 1 fully saturated rings. The highest BCUT2D eigenvalue weighted by Gasteiger charge is 2.65. The summed E-state index contributed by atoms with van der Waals surface area (Å²) in [6.07, 6.45) is 9.29. The van der Waals surface area contributed by atoms with Gasteiger partial charge in [-0.2, -0.15) is 0 Å². The Balaban J connectivity index is 1.27. The fraction of sp³-hybridized carbons (Fsp3) is 0.418. The monoisotopic (exact) mass is 973 g/mol. The number of unbranched alkanes of at least 4 members (excludes halogenated alkanes) is 2. The van der Waals surface area contributed by atoms with Crippen molar-refractivity contribution in [2.75, 3.05) is 46.4 Å². The molecule has 376 valence electrons. The van der Waals surface area contributed by atoms with E-state index in [1.165, 1.54) is 12.1 Å². The van der Waals surface area contributed by atoms with Crippen molar-refractivity contribution >= 4 is 17.5 Å². The van der Waals surface area contributed by atoms with Crippen LogP contribution in [0.5, 0.6) is 23.0 Å². The Bertz CT molecular complexity index is 2520. The summed E-state index contributed by atoms with van der Waals surface area (Å²) < 4.78 is 44.2. The van der Waals surface area contributed by atoms with Crippen LogP contribution in [0.25, 0.3) is 0 Å². The van der Waals surface area contributed by atoms with E-state index in [9.17, 15) is 20.3 Å². The number of hydrogen-bond acceptors (Lipinski definition) is 14. The molecule has 0 bridgehead atoms. The van der Waals surface area contributed by atoms with Crippen molar-refractivity contribution in [2.24, 2.45) is 22.9 Å². The fourth-order valence-electron chi connectivity index (χ4n) is 10.4. The molecule has 6 atom stereocenters. The Labute approximate surface area is 414 Å². The first-order valence-corrected chi connectivity index (χ1v) is 24.4. The zero-order valence-corrected chi connectivity index (χ0v) is 39.9. The predicted octanol–water partition coefficient (Wildman–Crippen LogP) is 9.58. The third-order valence-corrected chi connectivity index (χ3v) is 13.5. The van der Waals surface area contributed by atoms with E-state index in [1.807, 2.05) is 66.7 Å². The van der Waals surface area contributed by atoms with Gasteiger partial charge in [-0.1, -0.05) is 79.2 Å². The topological polar surface area (TPSA) is 190 Å². The smallest absolute Gasteiger partial charge is 0.410 e. The first-order valence-electron chi connectivity index (χ1n) is 24.4. The number of carbonyl (C=O) groups is 1. The van der Waals surface area contributed by atoms with Crippen molar-refractivity contribution in [3.05, 3.63) is 160 Å². The molecule has 4 aromatic carbocycles. The van der Waals surface area contributed by atoms with Crippen LogP contribution < -0.4 is 18.9 Å². The molecule has 2 heterocycles. The van der Waals surface area contributed by atoms with Crippen molar-refractivity contribution in [2.45, 2.75) is 82.5 Å². The molecule has 71 heavy (non-hydrogen) atoms. The highest BCUT2D eigenvalue weighted by atomic mass is 16.7. The third-order valence-electron chi connectivity index (χ3n) is 13.5. The molecule has 0 saturated heterocycles. The number of nitro groups is 1. The molecule has 1 saturated carbocycles. The molecule has 4 aromatic rings. The second kappa shape index (κ2) is 24.4. The summed E-state index contributed by atoms with van der Waals surface area (Å²) in [5.74, 6) is -0.228. The van der Waals surface area contributed by atoms with Crippen molar-refractivity contribution in [1.29, 1.82) is 0 Å². The summed E-state index contributed by atoms with van der Waals surface area (Å²) in [5, 5.41) is 36.4. The maximum absolute atomic E-state index is 15.1. The number of nitro benzene ring substituents is 1. The van der Waals surface area contributed by atoms with Crippen LogP contribution in [0.2, 0.25) is 0 Å². The molecule has 2 N–H and O–H groups in total. The average Bonchev–Trinajstić information content (AvgIpc) is 3.86. The zero-order valence-electron chi connectivity index (χ0n) is 39.9. The lowest BCUT2D eigenvalue weighted by Gasteiger charge is -2.59. The molecular weight excluding hydrogens is 911 g/mol. The van der Waals surface area contributed by atoms with Gasteiger partial charge < -0.3 is 48.2 Å². The molecule has 0 unspecified atom stereocenters. The van der Waals surface area contributed by atoms with Crippen molar-refractivity contribution in [1.82, 2.24) is 4.90 Å². The summed E-state index contributed by atoms with van der Waals surface area (Å²) in [6, 6.07) is 26.2. The first kappa shape index (κ1) is 50.7. The number of hydrogen-bond donors (Lipinski definition) is 2. The second-order valence-electron chi connectivity index (χ2n) is 18.0. The number of aliphatic hydroxyl groups excluding tert-OH is 2. The first-order chi connectivity index (χ1) is 34.8. The van der Waals surface area contributed by atoms with Gasteiger partial charge in [0.15, 0.2) is 11.5 Å². The van der Waals surface area contributed by atoms with E-state index in [0.29, 0.717) is 53.7 Å². The summed E-state index contributed by atoms with van der Waals surface area (Å²) in [4.78, 5) is 34.0. The largest absolute Gasteiger partial charge is 0.490 e. The highest BCUT2D eigenvalue weighted by Crippen LogP contribution is 2.62. The Morgan fingerprint density at radius 3 is 2.34 bits per heavy atom. The molecular formula is C55H63N3O13. The van der Waals surface area contributed by atoms with Gasteiger partial charge >= 0.3 is 6.09 Å². The molecule has 4 aliphatic rings. The summed E-state index contributed by atoms with van der Waals surface area (Å²) in [7, 11) is 0. The van der Waals surface area contributed by atoms with Crippen LogP contribution in [0.3, 0.4) is 0 Å². The van der Waals surface area contributed by atoms with Crippen molar-refractivity contribution in [3.63, 3.8) is 0 Å². The van der Waals surface area contributed by atoms with Gasteiger partial charge in [-0.3, -0.25) is 15.0 Å². The number of oxime groups is 1. The molecule has 16 heteroatoms. The van der Waals surface area contributed by atoms with Gasteiger partial charge in [0.1, 0.15) is 37.4 Å². The Hall–Kier alpha value is -6.72. The fourth-order valence-corrected chi connectivity index (χ4v) is 10.4.